The van der Waals surface area contributed by atoms with Gasteiger partial charge in [0.2, 0.25) is 17.7 Å². The van der Waals surface area contributed by atoms with Crippen LogP contribution in [0.3, 0.4) is 0 Å². The van der Waals surface area contributed by atoms with Crippen LogP contribution in [-0.4, -0.2) is 29.8 Å². The van der Waals surface area contributed by atoms with Gasteiger partial charge in [-0.15, -0.1) is 0 Å². The molecular weight excluding hydrogens is 327 g/mol. The molecule has 0 bridgehead atoms. The van der Waals surface area contributed by atoms with E-state index in [1.54, 1.807) is 6.07 Å². The largest absolute Gasteiger partial charge is 0.368 e. The van der Waals surface area contributed by atoms with Crippen molar-refractivity contribution < 1.29 is 18.8 Å². The molecule has 7 nitrogen and oxygen atoms in total. The third-order valence-corrected chi connectivity index (χ3v) is 3.52. The van der Waals surface area contributed by atoms with E-state index in [1.165, 1.54) is 25.1 Å². The number of unbranched alkanes of at least 4 members (excludes halogenated alkanes) is 1. The number of nitrogens with two attached hydrogens (primary N) is 1. The Hall–Kier alpha value is -2.95. The minimum Gasteiger partial charge on any atom is -0.368 e. The highest BCUT2D eigenvalue weighted by atomic mass is 19.1. The summed E-state index contributed by atoms with van der Waals surface area (Å²) >= 11 is 0. The van der Waals surface area contributed by atoms with Crippen LogP contribution in [0.4, 0.5) is 4.39 Å². The summed E-state index contributed by atoms with van der Waals surface area (Å²) in [5, 5.41) is 13.4. The SMILES string of the molecule is CC(=O)N[C@H](Cc1ccccc1F)C(=O)N[C@@H](CCCC#N)C(N)=O. The minimum absolute atomic E-state index is 0.0677. The van der Waals surface area contributed by atoms with E-state index in [9.17, 15) is 18.8 Å². The molecule has 8 heteroatoms. The van der Waals surface area contributed by atoms with Gasteiger partial charge in [-0.1, -0.05) is 18.2 Å². The van der Waals surface area contributed by atoms with Crippen molar-refractivity contribution in [3.05, 3.63) is 35.6 Å². The van der Waals surface area contributed by atoms with Gasteiger partial charge in [0.05, 0.1) is 6.07 Å². The van der Waals surface area contributed by atoms with Crippen molar-refractivity contribution in [1.29, 1.82) is 5.26 Å². The number of benzene rings is 1. The molecule has 0 saturated heterocycles. The van der Waals surface area contributed by atoms with Gasteiger partial charge in [-0.05, 0) is 24.5 Å². The normalized spacial score (nSPS) is 12.5. The molecule has 0 saturated carbocycles. The number of amides is 3. The summed E-state index contributed by atoms with van der Waals surface area (Å²) < 4.78 is 13.8. The Morgan fingerprint density at radius 1 is 1.24 bits per heavy atom. The highest BCUT2D eigenvalue weighted by Crippen LogP contribution is 2.10. The predicted octanol–water partition coefficient (Wildman–Crippen LogP) is 0.537. The van der Waals surface area contributed by atoms with E-state index >= 15 is 0 Å². The molecule has 1 rings (SSSR count). The first kappa shape index (κ1) is 20.1. The Labute approximate surface area is 145 Å². The second kappa shape index (κ2) is 10.0. The molecule has 0 fully saturated rings. The van der Waals surface area contributed by atoms with E-state index < -0.39 is 35.6 Å². The molecule has 0 aliphatic heterocycles. The molecule has 1 aromatic rings. The number of primary amides is 1. The van der Waals surface area contributed by atoms with Gasteiger partial charge in [0, 0.05) is 19.8 Å². The number of carbonyl (C=O) groups excluding carboxylic acids is 3. The zero-order chi connectivity index (χ0) is 18.8. The van der Waals surface area contributed by atoms with E-state index in [1.807, 2.05) is 6.07 Å². The topological polar surface area (TPSA) is 125 Å². The van der Waals surface area contributed by atoms with Gasteiger partial charge in [-0.2, -0.15) is 5.26 Å². The molecule has 3 amide bonds. The summed E-state index contributed by atoms with van der Waals surface area (Å²) in [5.74, 6) is -2.33. The molecule has 4 N–H and O–H groups in total. The molecule has 0 unspecified atom stereocenters. The number of rotatable bonds is 9. The average molecular weight is 348 g/mol. The zero-order valence-electron chi connectivity index (χ0n) is 13.9. The third-order valence-electron chi connectivity index (χ3n) is 3.52. The standard InChI is InChI=1S/C17H21FN4O3/c1-11(23)21-15(10-12-6-2-3-7-13(12)18)17(25)22-14(16(20)24)8-4-5-9-19/h2-3,6-7,14-15H,4-5,8,10H2,1H3,(H2,20,24)(H,21,23)(H,22,25)/t14-,15+/m0/s1. The van der Waals surface area contributed by atoms with Crippen molar-refractivity contribution in [3.63, 3.8) is 0 Å². The highest BCUT2D eigenvalue weighted by molar-refractivity contribution is 5.91. The number of halogens is 1. The minimum atomic E-state index is -1.05. The van der Waals surface area contributed by atoms with Gasteiger partial charge < -0.3 is 16.4 Å². The van der Waals surface area contributed by atoms with Crippen LogP contribution >= 0.6 is 0 Å². The van der Waals surface area contributed by atoms with E-state index in [0.29, 0.717) is 6.42 Å². The maximum atomic E-state index is 13.8. The second-order valence-corrected chi connectivity index (χ2v) is 5.56. The number of nitrogens with one attached hydrogen (secondary N) is 2. The van der Waals surface area contributed by atoms with Crippen molar-refractivity contribution in [2.24, 2.45) is 5.73 Å². The van der Waals surface area contributed by atoms with E-state index in [2.05, 4.69) is 10.6 Å². The van der Waals surface area contributed by atoms with Crippen LogP contribution in [0, 0.1) is 17.1 Å². The number of carbonyl (C=O) groups is 3. The quantitative estimate of drug-likeness (QED) is 0.563. The molecule has 0 radical (unpaired) electrons. The third kappa shape index (κ3) is 6.99. The highest BCUT2D eigenvalue weighted by Gasteiger charge is 2.25. The van der Waals surface area contributed by atoms with Gasteiger partial charge >= 0.3 is 0 Å². The molecule has 1 aromatic carbocycles. The predicted molar refractivity (Wildman–Crippen MR) is 88.3 cm³/mol. The summed E-state index contributed by atoms with van der Waals surface area (Å²) in [4.78, 5) is 35.2. The first-order valence-corrected chi connectivity index (χ1v) is 7.82. The van der Waals surface area contributed by atoms with Crippen LogP contribution in [-0.2, 0) is 20.8 Å². The van der Waals surface area contributed by atoms with Gasteiger partial charge in [0.1, 0.15) is 17.9 Å². The maximum absolute atomic E-state index is 13.8. The summed E-state index contributed by atoms with van der Waals surface area (Å²) in [5.41, 5.74) is 5.52. The second-order valence-electron chi connectivity index (χ2n) is 5.56. The van der Waals surface area contributed by atoms with Crippen molar-refractivity contribution in [2.75, 3.05) is 0 Å². The van der Waals surface area contributed by atoms with Gasteiger partial charge in [0.15, 0.2) is 0 Å². The summed E-state index contributed by atoms with van der Waals surface area (Å²) in [6.45, 7) is 1.24. The van der Waals surface area contributed by atoms with Crippen LogP contribution in [0.2, 0.25) is 0 Å². The summed E-state index contributed by atoms with van der Waals surface area (Å²) in [6, 6.07) is 5.83. The van der Waals surface area contributed by atoms with Crippen LogP contribution < -0.4 is 16.4 Å². The van der Waals surface area contributed by atoms with Crippen molar-refractivity contribution in [3.8, 4) is 6.07 Å². The Balaban J connectivity index is 2.84. The lowest BCUT2D eigenvalue weighted by Crippen LogP contribution is -2.53. The molecule has 134 valence electrons. The molecule has 0 aromatic heterocycles. The fourth-order valence-corrected chi connectivity index (χ4v) is 2.28. The van der Waals surface area contributed by atoms with Crippen LogP contribution in [0.5, 0.6) is 0 Å². The Morgan fingerprint density at radius 2 is 1.92 bits per heavy atom. The molecule has 25 heavy (non-hydrogen) atoms. The van der Waals surface area contributed by atoms with E-state index in [0.717, 1.165) is 0 Å². The number of nitriles is 1. The monoisotopic (exact) mass is 348 g/mol. The molecular formula is C17H21FN4O3. The summed E-state index contributed by atoms with van der Waals surface area (Å²) in [6.07, 6.45) is 0.759. The van der Waals surface area contributed by atoms with Crippen LogP contribution in [0.25, 0.3) is 0 Å². The number of nitrogens with zero attached hydrogens (tertiary/aromatic N) is 1. The van der Waals surface area contributed by atoms with E-state index in [4.69, 9.17) is 11.0 Å². The smallest absolute Gasteiger partial charge is 0.243 e. The van der Waals surface area contributed by atoms with Gasteiger partial charge in [-0.3, -0.25) is 14.4 Å². The molecule has 0 aliphatic carbocycles. The Bertz CT molecular complexity index is 672. The average Bonchev–Trinajstić information content (AvgIpc) is 2.54. The van der Waals surface area contributed by atoms with E-state index in [-0.39, 0.29) is 24.8 Å². The first-order valence-electron chi connectivity index (χ1n) is 7.82. The first-order chi connectivity index (χ1) is 11.8. The van der Waals surface area contributed by atoms with Gasteiger partial charge in [0.25, 0.3) is 0 Å². The Morgan fingerprint density at radius 3 is 2.48 bits per heavy atom. The lowest BCUT2D eigenvalue weighted by Gasteiger charge is -2.21. The Kier molecular flexibility index (Phi) is 8.06. The van der Waals surface area contributed by atoms with Crippen molar-refractivity contribution in [1.82, 2.24) is 10.6 Å². The zero-order valence-corrected chi connectivity index (χ0v) is 13.9. The number of hydrogen-bond donors (Lipinski definition) is 3. The fraction of sp³-hybridized carbons (Fsp3) is 0.412. The molecule has 0 heterocycles. The van der Waals surface area contributed by atoms with Crippen molar-refractivity contribution in [2.45, 2.75) is 44.7 Å². The van der Waals surface area contributed by atoms with Crippen LogP contribution in [0.15, 0.2) is 24.3 Å². The van der Waals surface area contributed by atoms with Crippen molar-refractivity contribution >= 4 is 17.7 Å². The fourth-order valence-electron chi connectivity index (χ4n) is 2.28. The maximum Gasteiger partial charge on any atom is 0.243 e. The summed E-state index contributed by atoms with van der Waals surface area (Å²) in [7, 11) is 0. The molecule has 0 spiro atoms. The van der Waals surface area contributed by atoms with Crippen LogP contribution in [0.1, 0.15) is 31.7 Å². The molecule has 0 aliphatic rings. The number of hydrogen-bond acceptors (Lipinski definition) is 4. The lowest BCUT2D eigenvalue weighted by atomic mass is 10.0. The van der Waals surface area contributed by atoms with Gasteiger partial charge in [-0.25, -0.2) is 4.39 Å². The lowest BCUT2D eigenvalue weighted by molar-refractivity contribution is -0.130. The molecule has 2 atom stereocenters.